The van der Waals surface area contributed by atoms with E-state index in [2.05, 4.69) is 16.5 Å². The second-order valence-corrected chi connectivity index (χ2v) is 4.86. The summed E-state index contributed by atoms with van der Waals surface area (Å²) in [6, 6.07) is 2.82. The Morgan fingerprint density at radius 2 is 1.96 bits per heavy atom. The number of aromatic nitrogens is 2. The Morgan fingerprint density at radius 1 is 1.25 bits per heavy atom. The largest absolute Gasteiger partial charge is 0.492 e. The summed E-state index contributed by atoms with van der Waals surface area (Å²) in [5.41, 5.74) is 0.146. The summed E-state index contributed by atoms with van der Waals surface area (Å²) >= 11 is 5.88. The Kier molecular flexibility index (Phi) is 5.35. The van der Waals surface area contributed by atoms with Gasteiger partial charge in [0.05, 0.1) is 37.5 Å². The van der Waals surface area contributed by atoms with Crippen molar-refractivity contribution >= 4 is 23.6 Å². The first-order chi connectivity index (χ1) is 11.5. The molecule has 0 amide bonds. The maximum atomic E-state index is 14.6. The van der Waals surface area contributed by atoms with E-state index in [4.69, 9.17) is 25.8 Å². The lowest BCUT2D eigenvalue weighted by Crippen LogP contribution is -2.11. The van der Waals surface area contributed by atoms with Crippen LogP contribution in [0.4, 0.5) is 4.39 Å². The van der Waals surface area contributed by atoms with Crippen LogP contribution in [0.15, 0.2) is 18.7 Å². The van der Waals surface area contributed by atoms with Crippen LogP contribution >= 0.6 is 11.6 Å². The number of carbonyl (C=O) groups excluding carboxylic acids is 1. The van der Waals surface area contributed by atoms with Gasteiger partial charge < -0.3 is 14.2 Å². The topological polar surface area (TPSA) is 70.5 Å². The van der Waals surface area contributed by atoms with Gasteiger partial charge in [-0.05, 0) is 12.1 Å². The number of benzene rings is 1. The first kappa shape index (κ1) is 17.7. The molecule has 2 rings (SSSR count). The van der Waals surface area contributed by atoms with E-state index in [-0.39, 0.29) is 39.3 Å². The average Bonchev–Trinajstić information content (AvgIpc) is 2.60. The van der Waals surface area contributed by atoms with Crippen molar-refractivity contribution in [2.24, 2.45) is 0 Å². The van der Waals surface area contributed by atoms with E-state index in [1.807, 2.05) is 0 Å². The highest BCUT2D eigenvalue weighted by Gasteiger charge is 2.23. The van der Waals surface area contributed by atoms with E-state index in [1.54, 1.807) is 0 Å². The minimum absolute atomic E-state index is 0.00434. The SMILES string of the molecule is C=Cc1c(OC)nc(-c2ccc(Cl)c(OC)c2F)nc1C(=O)OC. The Labute approximate surface area is 142 Å². The van der Waals surface area contributed by atoms with E-state index in [1.165, 1.54) is 39.5 Å². The number of ether oxygens (including phenoxy) is 3. The standard InChI is InChI=1S/C16H14ClFN2O4/c1-5-8-12(16(21)24-4)19-14(20-15(8)23-3)9-6-7-10(17)13(22-2)11(9)18/h5-7H,1H2,2-4H3. The van der Waals surface area contributed by atoms with Crippen molar-refractivity contribution in [2.45, 2.75) is 0 Å². The number of esters is 1. The molecule has 0 atom stereocenters. The number of methoxy groups -OCH3 is 3. The van der Waals surface area contributed by atoms with Gasteiger partial charge in [-0.3, -0.25) is 0 Å². The van der Waals surface area contributed by atoms with Crippen LogP contribution in [0.2, 0.25) is 5.02 Å². The van der Waals surface area contributed by atoms with Gasteiger partial charge in [-0.15, -0.1) is 0 Å². The third kappa shape index (κ3) is 3.03. The number of nitrogens with zero attached hydrogens (tertiary/aromatic N) is 2. The first-order valence-corrected chi connectivity index (χ1v) is 7.05. The predicted octanol–water partition coefficient (Wildman–Crippen LogP) is 3.38. The van der Waals surface area contributed by atoms with Crippen molar-refractivity contribution in [3.63, 3.8) is 0 Å². The Balaban J connectivity index is 2.76. The van der Waals surface area contributed by atoms with Crippen LogP contribution in [0.1, 0.15) is 16.1 Å². The van der Waals surface area contributed by atoms with Crippen molar-refractivity contribution in [3.05, 3.63) is 40.8 Å². The molecule has 0 aliphatic carbocycles. The molecule has 1 aromatic heterocycles. The Hall–Kier alpha value is -2.67. The highest BCUT2D eigenvalue weighted by molar-refractivity contribution is 6.32. The molecule has 1 aromatic carbocycles. The number of rotatable bonds is 5. The van der Waals surface area contributed by atoms with Gasteiger partial charge in [0.25, 0.3) is 0 Å². The average molecular weight is 353 g/mol. The first-order valence-electron chi connectivity index (χ1n) is 6.67. The van der Waals surface area contributed by atoms with Crippen LogP contribution in [-0.4, -0.2) is 37.3 Å². The third-order valence-electron chi connectivity index (χ3n) is 3.18. The minimum Gasteiger partial charge on any atom is -0.492 e. The number of carbonyl (C=O) groups is 1. The van der Waals surface area contributed by atoms with Crippen molar-refractivity contribution < 1.29 is 23.4 Å². The van der Waals surface area contributed by atoms with Gasteiger partial charge in [-0.25, -0.2) is 14.2 Å². The molecule has 2 aromatic rings. The van der Waals surface area contributed by atoms with Crippen molar-refractivity contribution in [3.8, 4) is 23.0 Å². The molecule has 0 saturated heterocycles. The lowest BCUT2D eigenvalue weighted by Gasteiger charge is -2.12. The third-order valence-corrected chi connectivity index (χ3v) is 3.48. The molecule has 0 aliphatic rings. The fraction of sp³-hybridized carbons (Fsp3) is 0.188. The molecule has 0 fully saturated rings. The van der Waals surface area contributed by atoms with Gasteiger partial charge in [0.1, 0.15) is 0 Å². The summed E-state index contributed by atoms with van der Waals surface area (Å²) < 4.78 is 29.4. The molecule has 0 spiro atoms. The number of halogens is 2. The maximum absolute atomic E-state index is 14.6. The number of hydrogen-bond acceptors (Lipinski definition) is 6. The van der Waals surface area contributed by atoms with E-state index in [9.17, 15) is 9.18 Å². The Morgan fingerprint density at radius 3 is 2.50 bits per heavy atom. The lowest BCUT2D eigenvalue weighted by molar-refractivity contribution is 0.0593. The zero-order valence-electron chi connectivity index (χ0n) is 13.2. The highest BCUT2D eigenvalue weighted by Crippen LogP contribution is 2.35. The van der Waals surface area contributed by atoms with Crippen LogP contribution in [0.25, 0.3) is 17.5 Å². The predicted molar refractivity (Wildman–Crippen MR) is 87.0 cm³/mol. The monoisotopic (exact) mass is 352 g/mol. The fourth-order valence-electron chi connectivity index (χ4n) is 2.05. The van der Waals surface area contributed by atoms with E-state index in [0.29, 0.717) is 0 Å². The summed E-state index contributed by atoms with van der Waals surface area (Å²) in [4.78, 5) is 20.2. The van der Waals surface area contributed by atoms with Crippen LogP contribution in [0.3, 0.4) is 0 Å². The molecule has 0 bridgehead atoms. The van der Waals surface area contributed by atoms with Gasteiger partial charge in [0.2, 0.25) is 5.88 Å². The Bertz CT molecular complexity index is 811. The molecule has 8 heteroatoms. The van der Waals surface area contributed by atoms with Gasteiger partial charge in [0.15, 0.2) is 23.1 Å². The van der Waals surface area contributed by atoms with Gasteiger partial charge in [-0.1, -0.05) is 24.3 Å². The smallest absolute Gasteiger partial charge is 0.357 e. The molecule has 0 saturated carbocycles. The molecule has 0 aliphatic heterocycles. The summed E-state index contributed by atoms with van der Waals surface area (Å²) in [6.07, 6.45) is 1.35. The summed E-state index contributed by atoms with van der Waals surface area (Å²) in [6.45, 7) is 3.60. The molecular weight excluding hydrogens is 339 g/mol. The second-order valence-electron chi connectivity index (χ2n) is 4.46. The fourth-order valence-corrected chi connectivity index (χ4v) is 2.28. The quantitative estimate of drug-likeness (QED) is 0.768. The molecule has 0 unspecified atom stereocenters. The molecule has 0 N–H and O–H groups in total. The van der Waals surface area contributed by atoms with Crippen molar-refractivity contribution in [2.75, 3.05) is 21.3 Å². The van der Waals surface area contributed by atoms with Crippen LogP contribution in [0.5, 0.6) is 11.6 Å². The molecular formula is C16H14ClFN2O4. The van der Waals surface area contributed by atoms with Crippen LogP contribution in [-0.2, 0) is 4.74 Å². The normalized spacial score (nSPS) is 10.2. The zero-order valence-corrected chi connectivity index (χ0v) is 14.0. The van der Waals surface area contributed by atoms with E-state index in [0.717, 1.165) is 0 Å². The van der Waals surface area contributed by atoms with Crippen LogP contribution < -0.4 is 9.47 Å². The van der Waals surface area contributed by atoms with Crippen molar-refractivity contribution in [1.82, 2.24) is 9.97 Å². The minimum atomic E-state index is -0.755. The molecule has 126 valence electrons. The maximum Gasteiger partial charge on any atom is 0.357 e. The van der Waals surface area contributed by atoms with Gasteiger partial charge in [-0.2, -0.15) is 4.98 Å². The summed E-state index contributed by atoms with van der Waals surface area (Å²) in [5, 5.41) is 0.0987. The lowest BCUT2D eigenvalue weighted by atomic mass is 10.1. The zero-order chi connectivity index (χ0) is 17.9. The van der Waals surface area contributed by atoms with E-state index < -0.39 is 11.8 Å². The van der Waals surface area contributed by atoms with Crippen molar-refractivity contribution in [1.29, 1.82) is 0 Å². The molecule has 6 nitrogen and oxygen atoms in total. The summed E-state index contributed by atoms with van der Waals surface area (Å²) in [7, 11) is 3.85. The summed E-state index contributed by atoms with van der Waals surface area (Å²) in [5.74, 6) is -1.65. The number of hydrogen-bond donors (Lipinski definition) is 0. The van der Waals surface area contributed by atoms with Gasteiger partial charge >= 0.3 is 5.97 Å². The van der Waals surface area contributed by atoms with E-state index >= 15 is 0 Å². The molecule has 24 heavy (non-hydrogen) atoms. The molecule has 0 radical (unpaired) electrons. The molecule has 1 heterocycles. The second kappa shape index (κ2) is 7.27. The highest BCUT2D eigenvalue weighted by atomic mass is 35.5. The van der Waals surface area contributed by atoms with Crippen LogP contribution in [0, 0.1) is 5.82 Å². The van der Waals surface area contributed by atoms with Gasteiger partial charge in [0, 0.05) is 0 Å².